The van der Waals surface area contributed by atoms with E-state index in [9.17, 15) is 0 Å². The van der Waals surface area contributed by atoms with E-state index in [1.165, 1.54) is 0 Å². The van der Waals surface area contributed by atoms with Crippen LogP contribution in [0, 0.1) is 0 Å². The Hall–Kier alpha value is -2.37. The fraction of sp³-hybridized carbons (Fsp3) is 0.357. The molecule has 0 aromatic carbocycles. The van der Waals surface area contributed by atoms with Crippen LogP contribution >= 0.6 is 0 Å². The molecule has 3 aromatic rings. The number of nitrogens with zero attached hydrogens (tertiary/aromatic N) is 4. The molecule has 0 aliphatic rings. The minimum Gasteiger partial charge on any atom is -0.472 e. The first kappa shape index (κ1) is 12.7. The number of aromatic nitrogens is 4. The molecule has 0 amide bonds. The number of fused-ring (bicyclic) bond motifs is 1. The van der Waals surface area contributed by atoms with Crippen LogP contribution in [0.1, 0.15) is 30.3 Å². The molecule has 0 unspecified atom stereocenters. The lowest BCUT2D eigenvalue weighted by atomic mass is 10.1. The van der Waals surface area contributed by atoms with Crippen molar-refractivity contribution in [3.05, 3.63) is 41.7 Å². The summed E-state index contributed by atoms with van der Waals surface area (Å²) < 4.78 is 6.85. The van der Waals surface area contributed by atoms with Crippen molar-refractivity contribution in [2.75, 3.05) is 12.4 Å². The van der Waals surface area contributed by atoms with Gasteiger partial charge in [0.2, 0.25) is 5.95 Å². The molecule has 6 nitrogen and oxygen atoms in total. The molecule has 0 aliphatic heterocycles. The van der Waals surface area contributed by atoms with Crippen molar-refractivity contribution in [3.63, 3.8) is 0 Å². The minimum atomic E-state index is 0.719. The van der Waals surface area contributed by atoms with Gasteiger partial charge in [0.1, 0.15) is 5.82 Å². The first-order chi connectivity index (χ1) is 9.81. The van der Waals surface area contributed by atoms with Crippen molar-refractivity contribution < 1.29 is 4.42 Å². The second-order valence-electron chi connectivity index (χ2n) is 4.68. The molecule has 3 heterocycles. The maximum Gasteiger partial charge on any atom is 0.227 e. The van der Waals surface area contributed by atoms with Crippen molar-refractivity contribution >= 4 is 11.6 Å². The highest BCUT2D eigenvalue weighted by molar-refractivity contribution is 5.52. The monoisotopic (exact) mass is 271 g/mol. The standard InChI is InChI=1S/C14H17N5O/c1-3-4-12-17-13-11(7-10-5-6-20-9-10)8-16-19(13)14(15-2)18-12/h5-6,8-9H,3-4,7H2,1-2H3,(H,15,17,18). The number of nitrogens with one attached hydrogen (secondary N) is 1. The Morgan fingerprint density at radius 1 is 1.35 bits per heavy atom. The molecule has 20 heavy (non-hydrogen) atoms. The van der Waals surface area contributed by atoms with Crippen LogP contribution in [0.15, 0.2) is 29.2 Å². The van der Waals surface area contributed by atoms with E-state index in [4.69, 9.17) is 4.42 Å². The summed E-state index contributed by atoms with van der Waals surface area (Å²) in [6, 6.07) is 1.95. The quantitative estimate of drug-likeness (QED) is 0.771. The second-order valence-corrected chi connectivity index (χ2v) is 4.68. The van der Waals surface area contributed by atoms with Crippen LogP contribution in [0.2, 0.25) is 0 Å². The zero-order valence-corrected chi connectivity index (χ0v) is 11.6. The molecule has 3 rings (SSSR count). The third-order valence-electron chi connectivity index (χ3n) is 3.16. The number of hydrogen-bond acceptors (Lipinski definition) is 5. The predicted octanol–water partition coefficient (Wildman–Crippen LogP) is 2.30. The lowest BCUT2D eigenvalue weighted by Gasteiger charge is -2.06. The van der Waals surface area contributed by atoms with E-state index in [2.05, 4.69) is 27.3 Å². The molecule has 1 N–H and O–H groups in total. The average Bonchev–Trinajstić information content (AvgIpc) is 3.09. The molecular weight excluding hydrogens is 254 g/mol. The fourth-order valence-electron chi connectivity index (χ4n) is 2.20. The van der Waals surface area contributed by atoms with Crippen LogP contribution < -0.4 is 5.32 Å². The summed E-state index contributed by atoms with van der Waals surface area (Å²) in [5.74, 6) is 1.56. The summed E-state index contributed by atoms with van der Waals surface area (Å²) in [4.78, 5) is 9.11. The van der Waals surface area contributed by atoms with E-state index < -0.39 is 0 Å². The fourth-order valence-corrected chi connectivity index (χ4v) is 2.20. The smallest absolute Gasteiger partial charge is 0.227 e. The number of anilines is 1. The number of rotatable bonds is 5. The number of hydrogen-bond donors (Lipinski definition) is 1. The predicted molar refractivity (Wildman–Crippen MR) is 75.8 cm³/mol. The molecule has 0 saturated carbocycles. The molecule has 0 radical (unpaired) electrons. The molecule has 6 heteroatoms. The van der Waals surface area contributed by atoms with Gasteiger partial charge in [-0.05, 0) is 18.1 Å². The second kappa shape index (κ2) is 5.32. The number of furan rings is 1. The van der Waals surface area contributed by atoms with Gasteiger partial charge in [-0.1, -0.05) is 6.92 Å². The van der Waals surface area contributed by atoms with Crippen LogP contribution in [0.3, 0.4) is 0 Å². The third-order valence-corrected chi connectivity index (χ3v) is 3.16. The van der Waals surface area contributed by atoms with E-state index in [0.717, 1.165) is 47.8 Å². The van der Waals surface area contributed by atoms with Gasteiger partial charge >= 0.3 is 0 Å². The van der Waals surface area contributed by atoms with E-state index in [-0.39, 0.29) is 0 Å². The Kier molecular flexibility index (Phi) is 3.37. The summed E-state index contributed by atoms with van der Waals surface area (Å²) in [6.45, 7) is 2.12. The van der Waals surface area contributed by atoms with Crippen molar-refractivity contribution in [3.8, 4) is 0 Å². The summed E-state index contributed by atoms with van der Waals surface area (Å²) in [6.07, 6.45) is 7.90. The van der Waals surface area contributed by atoms with Crippen molar-refractivity contribution in [2.45, 2.75) is 26.2 Å². The SMILES string of the molecule is CCCc1nc(NC)n2ncc(Cc3ccoc3)c2n1. The molecule has 0 atom stereocenters. The van der Waals surface area contributed by atoms with Crippen LogP contribution in [0.5, 0.6) is 0 Å². The van der Waals surface area contributed by atoms with E-state index >= 15 is 0 Å². The third kappa shape index (κ3) is 2.24. The molecule has 0 spiro atoms. The number of aryl methyl sites for hydroxylation is 1. The van der Waals surface area contributed by atoms with Gasteiger partial charge in [-0.25, -0.2) is 4.98 Å². The molecule has 3 aromatic heterocycles. The van der Waals surface area contributed by atoms with Gasteiger partial charge in [0.25, 0.3) is 0 Å². The molecule has 104 valence electrons. The normalized spacial score (nSPS) is 11.1. The van der Waals surface area contributed by atoms with Crippen LogP contribution in [-0.2, 0) is 12.8 Å². The zero-order chi connectivity index (χ0) is 13.9. The Morgan fingerprint density at radius 3 is 2.95 bits per heavy atom. The van der Waals surface area contributed by atoms with E-state index in [1.54, 1.807) is 17.0 Å². The largest absolute Gasteiger partial charge is 0.472 e. The maximum atomic E-state index is 5.11. The van der Waals surface area contributed by atoms with Crippen LogP contribution in [0.4, 0.5) is 5.95 Å². The van der Waals surface area contributed by atoms with Crippen molar-refractivity contribution in [1.29, 1.82) is 0 Å². The summed E-state index contributed by atoms with van der Waals surface area (Å²) >= 11 is 0. The Bertz CT molecular complexity index is 702. The van der Waals surface area contributed by atoms with E-state index in [1.807, 2.05) is 19.3 Å². The zero-order valence-electron chi connectivity index (χ0n) is 11.6. The first-order valence-corrected chi connectivity index (χ1v) is 6.74. The average molecular weight is 271 g/mol. The summed E-state index contributed by atoms with van der Waals surface area (Å²) in [5.41, 5.74) is 3.04. The Morgan fingerprint density at radius 2 is 2.25 bits per heavy atom. The molecule has 0 fully saturated rings. The first-order valence-electron chi connectivity index (χ1n) is 6.74. The van der Waals surface area contributed by atoms with Crippen molar-refractivity contribution in [2.24, 2.45) is 0 Å². The highest BCUT2D eigenvalue weighted by atomic mass is 16.3. The Labute approximate surface area is 116 Å². The van der Waals surface area contributed by atoms with E-state index in [0.29, 0.717) is 0 Å². The molecule has 0 saturated heterocycles. The van der Waals surface area contributed by atoms with Gasteiger partial charge in [0.15, 0.2) is 5.65 Å². The minimum absolute atomic E-state index is 0.719. The Balaban J connectivity index is 2.06. The van der Waals surface area contributed by atoms with Gasteiger partial charge in [-0.3, -0.25) is 0 Å². The lowest BCUT2D eigenvalue weighted by Crippen LogP contribution is -2.08. The van der Waals surface area contributed by atoms with Gasteiger partial charge in [0, 0.05) is 25.5 Å². The molecule has 0 bridgehead atoms. The van der Waals surface area contributed by atoms with Gasteiger partial charge in [0.05, 0.1) is 18.7 Å². The lowest BCUT2D eigenvalue weighted by molar-refractivity contribution is 0.564. The van der Waals surface area contributed by atoms with Crippen LogP contribution in [0.25, 0.3) is 5.65 Å². The van der Waals surface area contributed by atoms with Gasteiger partial charge in [-0.2, -0.15) is 14.6 Å². The summed E-state index contributed by atoms with van der Waals surface area (Å²) in [7, 11) is 1.84. The maximum absolute atomic E-state index is 5.11. The van der Waals surface area contributed by atoms with Gasteiger partial charge < -0.3 is 9.73 Å². The summed E-state index contributed by atoms with van der Waals surface area (Å²) in [5, 5.41) is 7.44. The van der Waals surface area contributed by atoms with Crippen molar-refractivity contribution in [1.82, 2.24) is 19.6 Å². The topological polar surface area (TPSA) is 68.2 Å². The molecular formula is C14H17N5O. The molecule has 0 aliphatic carbocycles. The van der Waals surface area contributed by atoms with Gasteiger partial charge in [-0.15, -0.1) is 0 Å². The highest BCUT2D eigenvalue weighted by Gasteiger charge is 2.12. The van der Waals surface area contributed by atoms with Crippen LogP contribution in [-0.4, -0.2) is 26.6 Å². The highest BCUT2D eigenvalue weighted by Crippen LogP contribution is 2.17.